The summed E-state index contributed by atoms with van der Waals surface area (Å²) in [5, 5.41) is 2.92. The molecule has 5 heteroatoms. The normalized spacial score (nSPS) is 16.8. The first kappa shape index (κ1) is 19.1. The molecule has 2 heterocycles. The first-order valence-electron chi connectivity index (χ1n) is 9.78. The van der Waals surface area contributed by atoms with Gasteiger partial charge in [0, 0.05) is 30.9 Å². The number of nitrogens with one attached hydrogen (secondary N) is 1. The van der Waals surface area contributed by atoms with Gasteiger partial charge in [0.15, 0.2) is 0 Å². The number of piperidine rings is 1. The molecule has 2 aromatic rings. The Hall–Kier alpha value is -2.69. The highest BCUT2D eigenvalue weighted by molar-refractivity contribution is 5.98. The van der Waals surface area contributed by atoms with E-state index in [9.17, 15) is 9.59 Å². The molecule has 27 heavy (non-hydrogen) atoms. The average molecular weight is 365 g/mol. The van der Waals surface area contributed by atoms with Crippen LogP contribution in [0.3, 0.4) is 0 Å². The summed E-state index contributed by atoms with van der Waals surface area (Å²) in [6, 6.07) is 13.6. The highest BCUT2D eigenvalue weighted by atomic mass is 16.2. The van der Waals surface area contributed by atoms with Crippen molar-refractivity contribution in [3.05, 3.63) is 65.5 Å². The van der Waals surface area contributed by atoms with Crippen LogP contribution in [-0.4, -0.2) is 40.8 Å². The van der Waals surface area contributed by atoms with Crippen LogP contribution in [0.2, 0.25) is 0 Å². The molecule has 1 aromatic carbocycles. The number of hydrogen-bond donors (Lipinski definition) is 1. The van der Waals surface area contributed by atoms with Crippen molar-refractivity contribution in [1.82, 2.24) is 15.2 Å². The highest BCUT2D eigenvalue weighted by Gasteiger charge is 2.27. The van der Waals surface area contributed by atoms with Crippen LogP contribution in [0.25, 0.3) is 0 Å². The van der Waals surface area contributed by atoms with Gasteiger partial charge in [-0.25, -0.2) is 0 Å². The zero-order valence-corrected chi connectivity index (χ0v) is 15.9. The molecule has 0 aliphatic carbocycles. The molecule has 1 N–H and O–H groups in total. The number of nitrogens with zero attached hydrogens (tertiary/aromatic N) is 2. The topological polar surface area (TPSA) is 62.3 Å². The minimum absolute atomic E-state index is 0.0690. The summed E-state index contributed by atoms with van der Waals surface area (Å²) in [5.41, 5.74) is 2.01. The molecule has 1 atom stereocenters. The number of benzene rings is 1. The lowest BCUT2D eigenvalue weighted by Crippen LogP contribution is -2.43. The van der Waals surface area contributed by atoms with E-state index in [1.54, 1.807) is 18.3 Å². The number of rotatable bonds is 6. The predicted octanol–water partition coefficient (Wildman–Crippen LogP) is 3.46. The molecule has 0 saturated carbocycles. The summed E-state index contributed by atoms with van der Waals surface area (Å²) in [5.74, 6) is -0.242. The van der Waals surface area contributed by atoms with Crippen molar-refractivity contribution < 1.29 is 9.59 Å². The Morgan fingerprint density at radius 2 is 2.00 bits per heavy atom. The molecule has 142 valence electrons. The summed E-state index contributed by atoms with van der Waals surface area (Å²) < 4.78 is 0. The van der Waals surface area contributed by atoms with E-state index in [1.165, 1.54) is 12.0 Å². The Labute approximate surface area is 160 Å². The van der Waals surface area contributed by atoms with Gasteiger partial charge in [0.1, 0.15) is 5.69 Å². The van der Waals surface area contributed by atoms with Crippen LogP contribution in [0.4, 0.5) is 0 Å². The van der Waals surface area contributed by atoms with E-state index in [4.69, 9.17) is 0 Å². The van der Waals surface area contributed by atoms with E-state index in [-0.39, 0.29) is 17.9 Å². The van der Waals surface area contributed by atoms with E-state index in [2.05, 4.69) is 17.2 Å². The molecule has 5 nitrogen and oxygen atoms in total. The summed E-state index contributed by atoms with van der Waals surface area (Å²) in [6.45, 7) is 3.44. The quantitative estimate of drug-likeness (QED) is 0.853. The Balaban J connectivity index is 1.62. The van der Waals surface area contributed by atoms with Crippen LogP contribution in [0.15, 0.2) is 48.7 Å². The zero-order chi connectivity index (χ0) is 19.1. The molecule has 0 bridgehead atoms. The predicted molar refractivity (Wildman–Crippen MR) is 106 cm³/mol. The Morgan fingerprint density at radius 1 is 1.19 bits per heavy atom. The minimum Gasteiger partial charge on any atom is -0.352 e. The van der Waals surface area contributed by atoms with Crippen molar-refractivity contribution in [2.75, 3.05) is 13.1 Å². The standard InChI is InChI=1S/C22H27N3O2/c1-2-19-10-6-7-15-25(19)22(27)20-16-18(12-14-23-20)21(26)24-13-11-17-8-4-3-5-9-17/h3-5,8-9,12,14,16,19H,2,6-7,10-11,13,15H2,1H3,(H,24,26). The van der Waals surface area contributed by atoms with Crippen LogP contribution in [-0.2, 0) is 6.42 Å². The fraction of sp³-hybridized carbons (Fsp3) is 0.409. The Kier molecular flexibility index (Phi) is 6.58. The molecule has 0 radical (unpaired) electrons. The van der Waals surface area contributed by atoms with Crippen molar-refractivity contribution in [2.24, 2.45) is 0 Å². The van der Waals surface area contributed by atoms with Gasteiger partial charge in [-0.2, -0.15) is 0 Å². The Morgan fingerprint density at radius 3 is 2.78 bits per heavy atom. The fourth-order valence-corrected chi connectivity index (χ4v) is 3.60. The van der Waals surface area contributed by atoms with Crippen LogP contribution in [0.1, 0.15) is 59.0 Å². The maximum absolute atomic E-state index is 12.9. The lowest BCUT2D eigenvalue weighted by atomic mass is 9.99. The van der Waals surface area contributed by atoms with Gasteiger partial charge in [0.2, 0.25) is 0 Å². The molecule has 2 amide bonds. The van der Waals surface area contributed by atoms with Crippen LogP contribution in [0.5, 0.6) is 0 Å². The zero-order valence-electron chi connectivity index (χ0n) is 15.9. The number of carbonyl (C=O) groups is 2. The third-order valence-corrected chi connectivity index (χ3v) is 5.14. The molecule has 1 saturated heterocycles. The SMILES string of the molecule is CCC1CCCCN1C(=O)c1cc(C(=O)NCCc2ccccc2)ccn1. The lowest BCUT2D eigenvalue weighted by Gasteiger charge is -2.35. The number of pyridine rings is 1. The molecular formula is C22H27N3O2. The largest absolute Gasteiger partial charge is 0.352 e. The van der Waals surface area contributed by atoms with Crippen molar-refractivity contribution >= 4 is 11.8 Å². The first-order valence-corrected chi connectivity index (χ1v) is 9.78. The lowest BCUT2D eigenvalue weighted by molar-refractivity contribution is 0.0602. The number of carbonyl (C=O) groups excluding carboxylic acids is 2. The number of amides is 2. The van der Waals surface area contributed by atoms with Gasteiger partial charge in [-0.1, -0.05) is 37.3 Å². The number of aromatic nitrogens is 1. The third kappa shape index (κ3) is 4.94. The van der Waals surface area contributed by atoms with Gasteiger partial charge in [0.05, 0.1) is 0 Å². The van der Waals surface area contributed by atoms with E-state index in [0.29, 0.717) is 17.8 Å². The van der Waals surface area contributed by atoms with Crippen molar-refractivity contribution in [3.8, 4) is 0 Å². The third-order valence-electron chi connectivity index (χ3n) is 5.14. The van der Waals surface area contributed by atoms with E-state index in [1.807, 2.05) is 35.2 Å². The average Bonchev–Trinajstić information content (AvgIpc) is 2.74. The molecule has 1 fully saturated rings. The van der Waals surface area contributed by atoms with Gasteiger partial charge in [-0.15, -0.1) is 0 Å². The molecule has 1 aromatic heterocycles. The molecule has 1 aliphatic heterocycles. The van der Waals surface area contributed by atoms with Crippen LogP contribution in [0, 0.1) is 0 Å². The smallest absolute Gasteiger partial charge is 0.272 e. The van der Waals surface area contributed by atoms with Gasteiger partial charge >= 0.3 is 0 Å². The monoisotopic (exact) mass is 365 g/mol. The second-order valence-electron chi connectivity index (χ2n) is 6.98. The fourth-order valence-electron chi connectivity index (χ4n) is 3.60. The van der Waals surface area contributed by atoms with Crippen LogP contribution >= 0.6 is 0 Å². The van der Waals surface area contributed by atoms with Crippen molar-refractivity contribution in [3.63, 3.8) is 0 Å². The molecule has 1 aliphatic rings. The molecular weight excluding hydrogens is 338 g/mol. The van der Waals surface area contributed by atoms with Crippen LogP contribution < -0.4 is 5.32 Å². The number of hydrogen-bond acceptors (Lipinski definition) is 3. The summed E-state index contributed by atoms with van der Waals surface area (Å²) in [4.78, 5) is 31.5. The summed E-state index contributed by atoms with van der Waals surface area (Å²) >= 11 is 0. The summed E-state index contributed by atoms with van der Waals surface area (Å²) in [7, 11) is 0. The van der Waals surface area contributed by atoms with Crippen molar-refractivity contribution in [1.29, 1.82) is 0 Å². The highest BCUT2D eigenvalue weighted by Crippen LogP contribution is 2.21. The maximum Gasteiger partial charge on any atom is 0.272 e. The first-order chi connectivity index (χ1) is 13.2. The molecule has 3 rings (SSSR count). The van der Waals surface area contributed by atoms with Gasteiger partial charge in [0.25, 0.3) is 11.8 Å². The van der Waals surface area contributed by atoms with E-state index >= 15 is 0 Å². The maximum atomic E-state index is 12.9. The second-order valence-corrected chi connectivity index (χ2v) is 6.98. The van der Waals surface area contributed by atoms with Crippen molar-refractivity contribution in [2.45, 2.75) is 45.1 Å². The van der Waals surface area contributed by atoms with Gasteiger partial charge in [-0.3, -0.25) is 14.6 Å². The number of likely N-dealkylation sites (tertiary alicyclic amines) is 1. The second kappa shape index (κ2) is 9.31. The van der Waals surface area contributed by atoms with Gasteiger partial charge in [-0.05, 0) is 49.8 Å². The van der Waals surface area contributed by atoms with Gasteiger partial charge < -0.3 is 10.2 Å². The Bertz CT molecular complexity index is 776. The van der Waals surface area contributed by atoms with E-state index in [0.717, 1.165) is 32.2 Å². The molecule has 0 spiro atoms. The van der Waals surface area contributed by atoms with E-state index < -0.39 is 0 Å². The summed E-state index contributed by atoms with van der Waals surface area (Å²) in [6.07, 6.45) is 6.51. The molecule has 1 unspecified atom stereocenters. The minimum atomic E-state index is -0.173.